The van der Waals surface area contributed by atoms with Gasteiger partial charge in [0, 0.05) is 39.8 Å². The maximum absolute atomic E-state index is 11.9. The second-order valence-electron chi connectivity index (χ2n) is 6.83. The monoisotopic (exact) mass is 297 g/mol. The lowest BCUT2D eigenvalue weighted by atomic mass is 9.79. The van der Waals surface area contributed by atoms with Crippen LogP contribution in [0.4, 0.5) is 4.79 Å². The number of aliphatic hydroxyl groups is 1. The molecule has 0 aromatic carbocycles. The van der Waals surface area contributed by atoms with Gasteiger partial charge in [-0.15, -0.1) is 0 Å². The maximum Gasteiger partial charge on any atom is 0.319 e. The summed E-state index contributed by atoms with van der Waals surface area (Å²) in [5.41, 5.74) is 0. The van der Waals surface area contributed by atoms with E-state index in [2.05, 4.69) is 5.32 Å². The summed E-state index contributed by atoms with van der Waals surface area (Å²) in [5, 5.41) is 13.2. The lowest BCUT2D eigenvalue weighted by Crippen LogP contribution is -2.49. The highest BCUT2D eigenvalue weighted by molar-refractivity contribution is 5.73. The Morgan fingerprint density at radius 1 is 1.14 bits per heavy atom. The molecule has 0 radical (unpaired) electrons. The van der Waals surface area contributed by atoms with Crippen molar-refractivity contribution in [3.8, 4) is 0 Å². The van der Waals surface area contributed by atoms with Gasteiger partial charge in [0.15, 0.2) is 0 Å². The van der Waals surface area contributed by atoms with Crippen molar-refractivity contribution >= 4 is 6.03 Å². The number of nitrogens with one attached hydrogen (secondary N) is 1. The fraction of sp³-hybridized carbons (Fsp3) is 0.938. The van der Waals surface area contributed by atoms with E-state index in [1.165, 1.54) is 25.7 Å². The smallest absolute Gasteiger partial charge is 0.319 e. The fourth-order valence-electron chi connectivity index (χ4n) is 3.67. The molecule has 5 heteroatoms. The van der Waals surface area contributed by atoms with Gasteiger partial charge in [0.05, 0.1) is 0 Å². The van der Waals surface area contributed by atoms with E-state index in [0.717, 1.165) is 32.5 Å². The van der Waals surface area contributed by atoms with E-state index in [1.807, 2.05) is 19.0 Å². The number of aliphatic hydroxyl groups excluding tert-OH is 1. The molecule has 1 aliphatic carbocycles. The average Bonchev–Trinajstić information content (AvgIpc) is 2.52. The number of nitrogens with zero attached hydrogens (tertiary/aromatic N) is 2. The number of carbonyl (C=O) groups excluding carboxylic acids is 1. The zero-order valence-electron chi connectivity index (χ0n) is 13.6. The van der Waals surface area contributed by atoms with E-state index >= 15 is 0 Å². The van der Waals surface area contributed by atoms with E-state index < -0.39 is 0 Å². The van der Waals surface area contributed by atoms with Gasteiger partial charge >= 0.3 is 6.03 Å². The minimum absolute atomic E-state index is 0.126. The number of piperidine rings is 1. The zero-order chi connectivity index (χ0) is 15.2. The molecule has 1 heterocycles. The first-order valence-corrected chi connectivity index (χ1v) is 8.42. The van der Waals surface area contributed by atoms with Crippen LogP contribution in [0.3, 0.4) is 0 Å². The SMILES string of the molecule is CN(C)C(=O)N1CCC(NCC2CCCCC2CO)CC1. The normalized spacial score (nSPS) is 27.7. The first kappa shape index (κ1) is 16.6. The molecule has 0 aromatic rings. The molecule has 2 aliphatic rings. The maximum atomic E-state index is 11.9. The van der Waals surface area contributed by atoms with Crippen LogP contribution < -0.4 is 5.32 Å². The van der Waals surface area contributed by atoms with Gasteiger partial charge in [-0.3, -0.25) is 0 Å². The van der Waals surface area contributed by atoms with Gasteiger partial charge in [0.1, 0.15) is 0 Å². The largest absolute Gasteiger partial charge is 0.396 e. The average molecular weight is 297 g/mol. The minimum atomic E-state index is 0.126. The van der Waals surface area contributed by atoms with Gasteiger partial charge in [-0.1, -0.05) is 12.8 Å². The molecule has 21 heavy (non-hydrogen) atoms. The molecule has 2 unspecified atom stereocenters. The molecule has 0 aromatic heterocycles. The highest BCUT2D eigenvalue weighted by Crippen LogP contribution is 2.29. The summed E-state index contributed by atoms with van der Waals surface area (Å²) < 4.78 is 0. The first-order valence-electron chi connectivity index (χ1n) is 8.42. The molecule has 1 saturated carbocycles. The number of amides is 2. The molecule has 122 valence electrons. The van der Waals surface area contributed by atoms with E-state index in [4.69, 9.17) is 0 Å². The molecule has 5 nitrogen and oxygen atoms in total. The highest BCUT2D eigenvalue weighted by atomic mass is 16.3. The van der Waals surface area contributed by atoms with Crippen molar-refractivity contribution in [2.75, 3.05) is 40.3 Å². The van der Waals surface area contributed by atoms with Crippen molar-refractivity contribution < 1.29 is 9.90 Å². The Labute approximate surface area is 128 Å². The van der Waals surface area contributed by atoms with Crippen LogP contribution in [0.1, 0.15) is 38.5 Å². The highest BCUT2D eigenvalue weighted by Gasteiger charge is 2.27. The molecule has 0 spiro atoms. The number of hydrogen-bond acceptors (Lipinski definition) is 3. The molecule has 2 atom stereocenters. The third-order valence-electron chi connectivity index (χ3n) is 5.12. The summed E-state index contributed by atoms with van der Waals surface area (Å²) in [6, 6.07) is 0.651. The van der Waals surface area contributed by atoms with E-state index in [1.54, 1.807) is 4.90 Å². The van der Waals surface area contributed by atoms with Gasteiger partial charge < -0.3 is 20.2 Å². The molecule has 1 aliphatic heterocycles. The van der Waals surface area contributed by atoms with Crippen molar-refractivity contribution in [2.24, 2.45) is 11.8 Å². The van der Waals surface area contributed by atoms with E-state index in [9.17, 15) is 9.90 Å². The van der Waals surface area contributed by atoms with Crippen molar-refractivity contribution in [3.63, 3.8) is 0 Å². The summed E-state index contributed by atoms with van der Waals surface area (Å²) in [6.45, 7) is 3.06. The number of urea groups is 1. The summed E-state index contributed by atoms with van der Waals surface area (Å²) >= 11 is 0. The zero-order valence-corrected chi connectivity index (χ0v) is 13.6. The van der Waals surface area contributed by atoms with Crippen LogP contribution in [-0.2, 0) is 0 Å². The molecule has 2 amide bonds. The second-order valence-corrected chi connectivity index (χ2v) is 6.83. The predicted molar refractivity (Wildman–Crippen MR) is 84.2 cm³/mol. The molecule has 2 N–H and O–H groups in total. The Morgan fingerprint density at radius 3 is 2.33 bits per heavy atom. The standard InChI is InChI=1S/C16H31N3O2/c1-18(2)16(21)19-9-7-15(8-10-19)17-11-13-5-3-4-6-14(13)12-20/h13-15,17,20H,3-12H2,1-2H3. The number of hydrogen-bond donors (Lipinski definition) is 2. The Bertz CT molecular complexity index is 327. The van der Waals surface area contributed by atoms with Gasteiger partial charge in [-0.05, 0) is 44.1 Å². The van der Waals surface area contributed by atoms with Crippen LogP contribution in [-0.4, -0.2) is 67.3 Å². The van der Waals surface area contributed by atoms with Crippen molar-refractivity contribution in [2.45, 2.75) is 44.6 Å². The summed E-state index contributed by atoms with van der Waals surface area (Å²) in [6.07, 6.45) is 7.08. The van der Waals surface area contributed by atoms with Gasteiger partial charge in [-0.25, -0.2) is 4.79 Å². The molecule has 2 rings (SSSR count). The van der Waals surface area contributed by atoms with Crippen LogP contribution in [0.2, 0.25) is 0 Å². The van der Waals surface area contributed by atoms with Crippen LogP contribution in [0.5, 0.6) is 0 Å². The number of carbonyl (C=O) groups is 1. The summed E-state index contributed by atoms with van der Waals surface area (Å²) in [7, 11) is 3.62. The lowest BCUT2D eigenvalue weighted by Gasteiger charge is -2.36. The van der Waals surface area contributed by atoms with E-state index in [-0.39, 0.29) is 6.03 Å². The van der Waals surface area contributed by atoms with Crippen molar-refractivity contribution in [3.05, 3.63) is 0 Å². The Morgan fingerprint density at radius 2 is 1.76 bits per heavy atom. The topological polar surface area (TPSA) is 55.8 Å². The molecule has 0 bridgehead atoms. The van der Waals surface area contributed by atoms with Crippen LogP contribution in [0.25, 0.3) is 0 Å². The Hall–Kier alpha value is -0.810. The Balaban J connectivity index is 1.70. The predicted octanol–water partition coefficient (Wildman–Crippen LogP) is 1.52. The fourth-order valence-corrected chi connectivity index (χ4v) is 3.67. The molecular formula is C16H31N3O2. The first-order chi connectivity index (χ1) is 10.1. The molecule has 2 fully saturated rings. The van der Waals surface area contributed by atoms with Crippen LogP contribution >= 0.6 is 0 Å². The van der Waals surface area contributed by atoms with Gasteiger partial charge in [-0.2, -0.15) is 0 Å². The second kappa shape index (κ2) is 7.99. The summed E-state index contributed by atoms with van der Waals surface area (Å²) in [5.74, 6) is 1.12. The van der Waals surface area contributed by atoms with E-state index in [0.29, 0.717) is 24.5 Å². The summed E-state index contributed by atoms with van der Waals surface area (Å²) in [4.78, 5) is 15.5. The number of likely N-dealkylation sites (tertiary alicyclic amines) is 1. The quantitative estimate of drug-likeness (QED) is 0.827. The Kier molecular flexibility index (Phi) is 6.30. The molecular weight excluding hydrogens is 266 g/mol. The van der Waals surface area contributed by atoms with Gasteiger partial charge in [0.25, 0.3) is 0 Å². The van der Waals surface area contributed by atoms with Crippen molar-refractivity contribution in [1.29, 1.82) is 0 Å². The van der Waals surface area contributed by atoms with Crippen LogP contribution in [0.15, 0.2) is 0 Å². The van der Waals surface area contributed by atoms with Crippen LogP contribution in [0, 0.1) is 11.8 Å². The molecule has 1 saturated heterocycles. The third-order valence-corrected chi connectivity index (χ3v) is 5.12. The van der Waals surface area contributed by atoms with Gasteiger partial charge in [0.2, 0.25) is 0 Å². The lowest BCUT2D eigenvalue weighted by molar-refractivity contribution is 0.124. The minimum Gasteiger partial charge on any atom is -0.396 e. The third kappa shape index (κ3) is 4.58. The number of rotatable bonds is 4. The van der Waals surface area contributed by atoms with Crippen molar-refractivity contribution in [1.82, 2.24) is 15.1 Å².